The van der Waals surface area contributed by atoms with Crippen molar-refractivity contribution in [3.8, 4) is 17.1 Å². The minimum absolute atomic E-state index is 0.486. The highest BCUT2D eigenvalue weighted by Gasteiger charge is 2.19. The van der Waals surface area contributed by atoms with Crippen molar-refractivity contribution in [3.63, 3.8) is 0 Å². The fourth-order valence-electron chi connectivity index (χ4n) is 4.07. The molecule has 5 nitrogen and oxygen atoms in total. The van der Waals surface area contributed by atoms with Gasteiger partial charge in [0.15, 0.2) is 5.82 Å². The van der Waals surface area contributed by atoms with E-state index in [9.17, 15) is 0 Å². The zero-order valence-electron chi connectivity index (χ0n) is 17.8. The molecular formula is C25H30N4O. The van der Waals surface area contributed by atoms with Gasteiger partial charge in [0.25, 0.3) is 0 Å². The summed E-state index contributed by atoms with van der Waals surface area (Å²) in [5.74, 6) is 1.72. The molecule has 0 saturated carbocycles. The van der Waals surface area contributed by atoms with E-state index < -0.39 is 0 Å². The zero-order valence-corrected chi connectivity index (χ0v) is 17.8. The Bertz CT molecular complexity index is 957. The number of benzene rings is 2. The number of nitrogens with one attached hydrogen (secondary N) is 1. The summed E-state index contributed by atoms with van der Waals surface area (Å²) in [4.78, 5) is 11.7. The van der Waals surface area contributed by atoms with E-state index in [1.165, 1.54) is 24.0 Å². The first-order valence-electron chi connectivity index (χ1n) is 10.7. The molecule has 30 heavy (non-hydrogen) atoms. The van der Waals surface area contributed by atoms with Crippen molar-refractivity contribution in [2.45, 2.75) is 38.9 Å². The van der Waals surface area contributed by atoms with E-state index in [-0.39, 0.29) is 0 Å². The van der Waals surface area contributed by atoms with Gasteiger partial charge in [-0.05, 0) is 49.6 Å². The molecule has 1 atom stereocenters. The quantitative estimate of drug-likeness (QED) is 0.641. The third kappa shape index (κ3) is 5.23. The van der Waals surface area contributed by atoms with Crippen molar-refractivity contribution in [2.24, 2.45) is 0 Å². The van der Waals surface area contributed by atoms with Gasteiger partial charge in [0.1, 0.15) is 5.75 Å². The zero-order chi connectivity index (χ0) is 20.8. The van der Waals surface area contributed by atoms with Crippen molar-refractivity contribution in [1.82, 2.24) is 20.2 Å². The second-order valence-corrected chi connectivity index (χ2v) is 8.04. The van der Waals surface area contributed by atoms with Gasteiger partial charge in [0.2, 0.25) is 0 Å². The first-order chi connectivity index (χ1) is 14.7. The average molecular weight is 403 g/mol. The minimum atomic E-state index is 0.486. The number of methoxy groups -OCH3 is 1. The Hall–Kier alpha value is -2.76. The molecule has 1 fully saturated rings. The fraction of sp³-hybridized carbons (Fsp3) is 0.360. The predicted octanol–water partition coefficient (Wildman–Crippen LogP) is 4.21. The lowest BCUT2D eigenvalue weighted by atomic mass is 10.0. The minimum Gasteiger partial charge on any atom is -0.497 e. The summed E-state index contributed by atoms with van der Waals surface area (Å²) in [6.07, 6.45) is 6.30. The lowest BCUT2D eigenvalue weighted by Gasteiger charge is -2.33. The number of rotatable bonds is 7. The van der Waals surface area contributed by atoms with Crippen LogP contribution in [0, 0.1) is 6.92 Å². The fourth-order valence-corrected chi connectivity index (χ4v) is 4.07. The van der Waals surface area contributed by atoms with Crippen molar-refractivity contribution >= 4 is 0 Å². The Morgan fingerprint density at radius 2 is 1.90 bits per heavy atom. The van der Waals surface area contributed by atoms with E-state index >= 15 is 0 Å². The molecule has 4 rings (SSSR count). The third-order valence-electron chi connectivity index (χ3n) is 5.73. The standard InChI is InChI=1S/C25H30N4O/c1-19-7-3-4-11-24(19)25-27-15-21(16-28-25)14-26-22-9-6-12-29(18-22)17-20-8-5-10-23(13-20)30-2/h3-5,7-8,10-11,13,15-16,22,26H,6,9,12,14,17-18H2,1-2H3. The van der Waals surface area contributed by atoms with Crippen LogP contribution in [0.5, 0.6) is 5.75 Å². The molecule has 156 valence electrons. The van der Waals surface area contributed by atoms with Gasteiger partial charge >= 0.3 is 0 Å². The molecule has 0 bridgehead atoms. The maximum absolute atomic E-state index is 5.35. The Kier molecular flexibility index (Phi) is 6.72. The average Bonchev–Trinajstić information content (AvgIpc) is 2.79. The van der Waals surface area contributed by atoms with Crippen molar-refractivity contribution in [1.29, 1.82) is 0 Å². The van der Waals surface area contributed by atoms with Crippen LogP contribution < -0.4 is 10.1 Å². The summed E-state index contributed by atoms with van der Waals surface area (Å²) in [6, 6.07) is 17.1. The summed E-state index contributed by atoms with van der Waals surface area (Å²) in [5, 5.41) is 3.70. The maximum atomic E-state index is 5.35. The molecule has 2 aromatic carbocycles. The van der Waals surface area contributed by atoms with Crippen LogP contribution in [0.25, 0.3) is 11.4 Å². The molecule has 1 N–H and O–H groups in total. The topological polar surface area (TPSA) is 50.3 Å². The van der Waals surface area contributed by atoms with Gasteiger partial charge < -0.3 is 10.1 Å². The Morgan fingerprint density at radius 1 is 1.07 bits per heavy atom. The van der Waals surface area contributed by atoms with Gasteiger partial charge in [0.05, 0.1) is 7.11 Å². The normalized spacial score (nSPS) is 17.1. The van der Waals surface area contributed by atoms with Gasteiger partial charge in [-0.15, -0.1) is 0 Å². The summed E-state index contributed by atoms with van der Waals surface area (Å²) in [5.41, 5.74) is 4.71. The first-order valence-corrected chi connectivity index (χ1v) is 10.7. The van der Waals surface area contributed by atoms with Crippen LogP contribution >= 0.6 is 0 Å². The van der Waals surface area contributed by atoms with Crippen LogP contribution in [0.1, 0.15) is 29.5 Å². The van der Waals surface area contributed by atoms with E-state index in [2.05, 4.69) is 57.4 Å². The summed E-state index contributed by atoms with van der Waals surface area (Å²) >= 11 is 0. The predicted molar refractivity (Wildman–Crippen MR) is 120 cm³/mol. The van der Waals surface area contributed by atoms with E-state index in [0.717, 1.165) is 48.9 Å². The number of hydrogen-bond acceptors (Lipinski definition) is 5. The van der Waals surface area contributed by atoms with Crippen molar-refractivity contribution < 1.29 is 4.74 Å². The lowest BCUT2D eigenvalue weighted by molar-refractivity contribution is 0.182. The largest absolute Gasteiger partial charge is 0.497 e. The van der Waals surface area contributed by atoms with Crippen molar-refractivity contribution in [3.05, 3.63) is 77.6 Å². The molecule has 2 heterocycles. The number of piperidine rings is 1. The highest BCUT2D eigenvalue weighted by Crippen LogP contribution is 2.20. The van der Waals surface area contributed by atoms with E-state index in [0.29, 0.717) is 6.04 Å². The summed E-state index contributed by atoms with van der Waals surface area (Å²) in [7, 11) is 1.72. The number of hydrogen-bond donors (Lipinski definition) is 1. The summed E-state index contributed by atoms with van der Waals surface area (Å²) in [6.45, 7) is 6.05. The number of aromatic nitrogens is 2. The number of likely N-dealkylation sites (tertiary alicyclic amines) is 1. The molecule has 1 aromatic heterocycles. The second kappa shape index (κ2) is 9.83. The summed E-state index contributed by atoms with van der Waals surface area (Å²) < 4.78 is 5.35. The highest BCUT2D eigenvalue weighted by molar-refractivity contribution is 5.59. The molecule has 0 aliphatic carbocycles. The van der Waals surface area contributed by atoms with Crippen LogP contribution in [0.4, 0.5) is 0 Å². The van der Waals surface area contributed by atoms with E-state index in [1.54, 1.807) is 7.11 Å². The molecule has 1 unspecified atom stereocenters. The van der Waals surface area contributed by atoms with Crippen molar-refractivity contribution in [2.75, 3.05) is 20.2 Å². The van der Waals surface area contributed by atoms with E-state index in [1.807, 2.05) is 30.6 Å². The van der Waals surface area contributed by atoms with Gasteiger partial charge in [-0.25, -0.2) is 9.97 Å². The Morgan fingerprint density at radius 3 is 2.70 bits per heavy atom. The van der Waals surface area contributed by atoms with Crippen LogP contribution in [-0.4, -0.2) is 41.1 Å². The highest BCUT2D eigenvalue weighted by atomic mass is 16.5. The molecule has 0 amide bonds. The molecule has 1 aliphatic heterocycles. The molecule has 0 radical (unpaired) electrons. The van der Waals surface area contributed by atoms with Gasteiger partial charge in [-0.3, -0.25) is 4.90 Å². The smallest absolute Gasteiger partial charge is 0.159 e. The molecule has 3 aromatic rings. The van der Waals surface area contributed by atoms with Gasteiger partial charge in [-0.1, -0.05) is 36.4 Å². The second-order valence-electron chi connectivity index (χ2n) is 8.04. The molecule has 1 aliphatic rings. The number of ether oxygens (including phenoxy) is 1. The number of aryl methyl sites for hydroxylation is 1. The van der Waals surface area contributed by atoms with Crippen LogP contribution in [0.2, 0.25) is 0 Å². The number of nitrogens with zero attached hydrogens (tertiary/aromatic N) is 3. The SMILES string of the molecule is COc1cccc(CN2CCCC(NCc3cnc(-c4ccccc4C)nc3)C2)c1. The molecule has 0 spiro atoms. The first kappa shape index (κ1) is 20.5. The van der Waals surface area contributed by atoms with Gasteiger partial charge in [0, 0.05) is 49.2 Å². The van der Waals surface area contributed by atoms with Crippen LogP contribution in [-0.2, 0) is 13.1 Å². The lowest BCUT2D eigenvalue weighted by Crippen LogP contribution is -2.45. The molecular weight excluding hydrogens is 372 g/mol. The van der Waals surface area contributed by atoms with Crippen LogP contribution in [0.15, 0.2) is 60.9 Å². The molecule has 1 saturated heterocycles. The Balaban J connectivity index is 1.31. The Labute approximate surface area is 179 Å². The van der Waals surface area contributed by atoms with Gasteiger partial charge in [-0.2, -0.15) is 0 Å². The molecule has 5 heteroatoms. The monoisotopic (exact) mass is 402 g/mol. The van der Waals surface area contributed by atoms with Crippen LogP contribution in [0.3, 0.4) is 0 Å². The third-order valence-corrected chi connectivity index (χ3v) is 5.73. The maximum Gasteiger partial charge on any atom is 0.159 e. The van der Waals surface area contributed by atoms with E-state index in [4.69, 9.17) is 4.74 Å².